The topological polar surface area (TPSA) is 72.9 Å². The number of anilines is 2. The molecule has 5 nitrogen and oxygen atoms in total. The maximum Gasteiger partial charge on any atom is 0.276 e. The van der Waals surface area contributed by atoms with E-state index in [4.69, 9.17) is 5.73 Å². The van der Waals surface area contributed by atoms with Gasteiger partial charge in [-0.1, -0.05) is 6.07 Å². The number of aromatic nitrogens is 2. The summed E-state index contributed by atoms with van der Waals surface area (Å²) in [7, 11) is 0. The van der Waals surface area contributed by atoms with Crippen molar-refractivity contribution in [2.75, 3.05) is 11.1 Å². The SMILES string of the molecule is CCn1ncc(N)c1C(=O)Nc1cccc(F)c1C. The number of amides is 1. The summed E-state index contributed by atoms with van der Waals surface area (Å²) in [6.07, 6.45) is 1.43. The Bertz CT molecular complexity index is 621. The molecule has 0 saturated heterocycles. The third-order valence-corrected chi connectivity index (χ3v) is 2.90. The van der Waals surface area contributed by atoms with Gasteiger partial charge in [-0.05, 0) is 26.0 Å². The number of benzene rings is 1. The minimum Gasteiger partial charge on any atom is -0.396 e. The van der Waals surface area contributed by atoms with Crippen LogP contribution >= 0.6 is 0 Å². The fraction of sp³-hybridized carbons (Fsp3) is 0.231. The summed E-state index contributed by atoms with van der Waals surface area (Å²) in [5, 5.41) is 6.64. The summed E-state index contributed by atoms with van der Waals surface area (Å²) in [6, 6.07) is 4.52. The van der Waals surface area contributed by atoms with E-state index in [9.17, 15) is 9.18 Å². The van der Waals surface area contributed by atoms with Crippen LogP contribution in [-0.2, 0) is 6.54 Å². The molecule has 2 aromatic rings. The quantitative estimate of drug-likeness (QED) is 0.890. The number of halogens is 1. The van der Waals surface area contributed by atoms with Crippen molar-refractivity contribution in [1.82, 2.24) is 9.78 Å². The minimum atomic E-state index is -0.398. The lowest BCUT2D eigenvalue weighted by atomic mass is 10.2. The fourth-order valence-electron chi connectivity index (χ4n) is 1.81. The summed E-state index contributed by atoms with van der Waals surface area (Å²) in [5.74, 6) is -0.764. The monoisotopic (exact) mass is 262 g/mol. The summed E-state index contributed by atoms with van der Waals surface area (Å²) in [5.41, 5.74) is 7.11. The second-order valence-corrected chi connectivity index (χ2v) is 4.13. The Morgan fingerprint density at radius 1 is 1.53 bits per heavy atom. The first-order valence-corrected chi connectivity index (χ1v) is 5.92. The molecule has 6 heteroatoms. The molecular formula is C13H15FN4O. The van der Waals surface area contributed by atoms with Crippen molar-refractivity contribution >= 4 is 17.3 Å². The standard InChI is InChI=1S/C13H15FN4O/c1-3-18-12(10(15)7-16-18)13(19)17-11-6-4-5-9(14)8(11)2/h4-7H,3,15H2,1-2H3,(H,17,19). The van der Waals surface area contributed by atoms with Gasteiger partial charge in [-0.3, -0.25) is 9.48 Å². The van der Waals surface area contributed by atoms with Gasteiger partial charge in [0.05, 0.1) is 11.9 Å². The molecule has 1 aromatic carbocycles. The highest BCUT2D eigenvalue weighted by Crippen LogP contribution is 2.19. The second-order valence-electron chi connectivity index (χ2n) is 4.13. The highest BCUT2D eigenvalue weighted by Gasteiger charge is 2.17. The molecule has 0 fully saturated rings. The van der Waals surface area contributed by atoms with Gasteiger partial charge in [0.1, 0.15) is 11.5 Å². The number of aryl methyl sites for hydroxylation is 1. The van der Waals surface area contributed by atoms with Crippen LogP contribution in [0.25, 0.3) is 0 Å². The van der Waals surface area contributed by atoms with Gasteiger partial charge < -0.3 is 11.1 Å². The first-order valence-electron chi connectivity index (χ1n) is 5.92. The Labute approximate surface area is 110 Å². The van der Waals surface area contributed by atoms with Crippen molar-refractivity contribution in [3.05, 3.63) is 41.5 Å². The molecule has 1 heterocycles. The average Bonchev–Trinajstić information content (AvgIpc) is 2.76. The van der Waals surface area contributed by atoms with Gasteiger partial charge in [-0.25, -0.2) is 4.39 Å². The van der Waals surface area contributed by atoms with Gasteiger partial charge >= 0.3 is 0 Å². The van der Waals surface area contributed by atoms with Crippen LogP contribution in [0.5, 0.6) is 0 Å². The Morgan fingerprint density at radius 2 is 2.26 bits per heavy atom. The lowest BCUT2D eigenvalue weighted by Gasteiger charge is -2.10. The smallest absolute Gasteiger partial charge is 0.276 e. The molecule has 3 N–H and O–H groups in total. The summed E-state index contributed by atoms with van der Waals surface area (Å²) >= 11 is 0. The second kappa shape index (κ2) is 5.09. The van der Waals surface area contributed by atoms with Crippen LogP contribution in [0.1, 0.15) is 23.0 Å². The highest BCUT2D eigenvalue weighted by molar-refractivity contribution is 6.06. The molecule has 0 spiro atoms. The largest absolute Gasteiger partial charge is 0.396 e. The number of hydrogen-bond donors (Lipinski definition) is 2. The number of nitrogen functional groups attached to an aromatic ring is 1. The van der Waals surface area contributed by atoms with E-state index in [1.54, 1.807) is 19.1 Å². The molecule has 0 bridgehead atoms. The van der Waals surface area contributed by atoms with Crippen LogP contribution in [0.2, 0.25) is 0 Å². The Morgan fingerprint density at radius 3 is 2.95 bits per heavy atom. The lowest BCUT2D eigenvalue weighted by molar-refractivity contribution is 0.101. The van der Waals surface area contributed by atoms with Crippen molar-refractivity contribution in [2.24, 2.45) is 0 Å². The average molecular weight is 262 g/mol. The Kier molecular flexibility index (Phi) is 3.50. The molecule has 0 saturated carbocycles. The van der Waals surface area contributed by atoms with Gasteiger partial charge in [-0.2, -0.15) is 5.10 Å². The van der Waals surface area contributed by atoms with Gasteiger partial charge in [-0.15, -0.1) is 0 Å². The van der Waals surface area contributed by atoms with Crippen LogP contribution in [0.4, 0.5) is 15.8 Å². The summed E-state index contributed by atoms with van der Waals surface area (Å²) in [6.45, 7) is 3.99. The fourth-order valence-corrected chi connectivity index (χ4v) is 1.81. The number of nitrogens with two attached hydrogens (primary N) is 1. The summed E-state index contributed by atoms with van der Waals surface area (Å²) in [4.78, 5) is 12.2. The molecule has 0 aliphatic carbocycles. The molecular weight excluding hydrogens is 247 g/mol. The third kappa shape index (κ3) is 2.42. The first kappa shape index (κ1) is 13.1. The van der Waals surface area contributed by atoms with E-state index in [0.29, 0.717) is 23.5 Å². The van der Waals surface area contributed by atoms with Crippen molar-refractivity contribution in [1.29, 1.82) is 0 Å². The van der Waals surface area contributed by atoms with E-state index in [-0.39, 0.29) is 11.5 Å². The predicted octanol–water partition coefficient (Wildman–Crippen LogP) is 2.19. The Hall–Kier alpha value is -2.37. The minimum absolute atomic E-state index is 0.283. The zero-order valence-corrected chi connectivity index (χ0v) is 10.8. The lowest BCUT2D eigenvalue weighted by Crippen LogP contribution is -2.19. The predicted molar refractivity (Wildman–Crippen MR) is 71.4 cm³/mol. The molecule has 100 valence electrons. The summed E-state index contributed by atoms with van der Waals surface area (Å²) < 4.78 is 14.9. The zero-order chi connectivity index (χ0) is 14.0. The van der Waals surface area contributed by atoms with Crippen molar-refractivity contribution in [3.63, 3.8) is 0 Å². The molecule has 1 aromatic heterocycles. The molecule has 2 rings (SSSR count). The van der Waals surface area contributed by atoms with Crippen LogP contribution in [-0.4, -0.2) is 15.7 Å². The van der Waals surface area contributed by atoms with Gasteiger partial charge in [0.2, 0.25) is 0 Å². The number of hydrogen-bond acceptors (Lipinski definition) is 3. The van der Waals surface area contributed by atoms with E-state index in [0.717, 1.165) is 0 Å². The number of rotatable bonds is 3. The maximum atomic E-state index is 13.4. The number of nitrogens with zero attached hydrogens (tertiary/aromatic N) is 2. The maximum absolute atomic E-state index is 13.4. The number of nitrogens with one attached hydrogen (secondary N) is 1. The molecule has 19 heavy (non-hydrogen) atoms. The molecule has 0 radical (unpaired) electrons. The van der Waals surface area contributed by atoms with Gasteiger partial charge in [0.15, 0.2) is 0 Å². The molecule has 0 aliphatic heterocycles. The van der Waals surface area contributed by atoms with Crippen molar-refractivity contribution in [3.8, 4) is 0 Å². The molecule has 0 aliphatic rings. The van der Waals surface area contributed by atoms with Gasteiger partial charge in [0.25, 0.3) is 5.91 Å². The van der Waals surface area contributed by atoms with Crippen LogP contribution in [0.3, 0.4) is 0 Å². The molecule has 0 atom stereocenters. The molecule has 1 amide bonds. The van der Waals surface area contributed by atoms with Gasteiger partial charge in [0, 0.05) is 17.8 Å². The van der Waals surface area contributed by atoms with Crippen LogP contribution in [0.15, 0.2) is 24.4 Å². The van der Waals surface area contributed by atoms with E-state index in [1.165, 1.54) is 16.9 Å². The molecule has 0 unspecified atom stereocenters. The number of carbonyl (C=O) groups excluding carboxylic acids is 1. The zero-order valence-electron chi connectivity index (χ0n) is 10.8. The van der Waals surface area contributed by atoms with Crippen LogP contribution in [0, 0.1) is 12.7 Å². The Balaban J connectivity index is 2.31. The van der Waals surface area contributed by atoms with E-state index < -0.39 is 5.91 Å². The van der Waals surface area contributed by atoms with E-state index >= 15 is 0 Å². The van der Waals surface area contributed by atoms with Crippen molar-refractivity contribution < 1.29 is 9.18 Å². The highest BCUT2D eigenvalue weighted by atomic mass is 19.1. The first-order chi connectivity index (χ1) is 9.04. The number of carbonyl (C=O) groups is 1. The van der Waals surface area contributed by atoms with Crippen LogP contribution < -0.4 is 11.1 Å². The normalized spacial score (nSPS) is 10.5. The van der Waals surface area contributed by atoms with E-state index in [1.807, 2.05) is 6.92 Å². The van der Waals surface area contributed by atoms with Crippen molar-refractivity contribution in [2.45, 2.75) is 20.4 Å². The van der Waals surface area contributed by atoms with E-state index in [2.05, 4.69) is 10.4 Å². The third-order valence-electron chi connectivity index (χ3n) is 2.90.